The molecule has 0 bridgehead atoms. The number of rotatable bonds is 4. The lowest BCUT2D eigenvalue weighted by Gasteiger charge is -2.07. The largest absolute Gasteiger partial charge is 0.492 e. The smallest absolute Gasteiger partial charge is 0.142 e. The number of aliphatic hydroxyl groups excluding tert-OH is 1. The predicted molar refractivity (Wildman–Crippen MR) is 65.6 cm³/mol. The molecular formula is C13H15NO3. The standard InChI is InChI=1S/C13H15NO3/c1-2-16-13-5-3-9(7-11(13)14)12-6-4-10(8-15)17-12/h3-7,15H,2,8,14H2,1H3. The molecule has 0 atom stereocenters. The molecule has 0 fully saturated rings. The van der Waals surface area contributed by atoms with E-state index in [1.807, 2.05) is 19.1 Å². The molecule has 1 aromatic carbocycles. The van der Waals surface area contributed by atoms with E-state index in [9.17, 15) is 0 Å². The van der Waals surface area contributed by atoms with Crippen molar-refractivity contribution in [2.75, 3.05) is 12.3 Å². The van der Waals surface area contributed by atoms with Gasteiger partial charge in [-0.05, 0) is 37.3 Å². The third-order valence-electron chi connectivity index (χ3n) is 2.41. The van der Waals surface area contributed by atoms with Gasteiger partial charge < -0.3 is 20.0 Å². The van der Waals surface area contributed by atoms with Crippen LogP contribution in [0, 0.1) is 0 Å². The van der Waals surface area contributed by atoms with Crippen molar-refractivity contribution < 1.29 is 14.3 Å². The third kappa shape index (κ3) is 2.42. The zero-order chi connectivity index (χ0) is 12.3. The lowest BCUT2D eigenvalue weighted by molar-refractivity contribution is 0.248. The average Bonchev–Trinajstić information content (AvgIpc) is 2.80. The Morgan fingerprint density at radius 3 is 2.71 bits per heavy atom. The van der Waals surface area contributed by atoms with Gasteiger partial charge in [0.05, 0.1) is 12.3 Å². The van der Waals surface area contributed by atoms with Gasteiger partial charge in [-0.25, -0.2) is 0 Å². The maximum atomic E-state index is 8.93. The molecule has 0 saturated heterocycles. The Morgan fingerprint density at radius 2 is 2.12 bits per heavy atom. The highest BCUT2D eigenvalue weighted by molar-refractivity contribution is 5.67. The van der Waals surface area contributed by atoms with Gasteiger partial charge in [0.2, 0.25) is 0 Å². The van der Waals surface area contributed by atoms with E-state index in [0.29, 0.717) is 29.6 Å². The van der Waals surface area contributed by atoms with Gasteiger partial charge in [-0.3, -0.25) is 0 Å². The summed E-state index contributed by atoms with van der Waals surface area (Å²) < 4.78 is 10.8. The lowest BCUT2D eigenvalue weighted by atomic mass is 10.1. The number of anilines is 1. The Labute approximate surface area is 99.6 Å². The van der Waals surface area contributed by atoms with Crippen LogP contribution in [-0.4, -0.2) is 11.7 Å². The summed E-state index contributed by atoms with van der Waals surface area (Å²) in [6.45, 7) is 2.39. The van der Waals surface area contributed by atoms with Crippen LogP contribution in [0.2, 0.25) is 0 Å². The van der Waals surface area contributed by atoms with Crippen LogP contribution in [0.3, 0.4) is 0 Å². The molecule has 2 aromatic rings. The number of nitrogen functional groups attached to an aromatic ring is 1. The summed E-state index contributed by atoms with van der Waals surface area (Å²) in [4.78, 5) is 0. The molecule has 0 aliphatic rings. The zero-order valence-electron chi connectivity index (χ0n) is 9.64. The second-order valence-electron chi connectivity index (χ2n) is 3.61. The number of hydrogen-bond acceptors (Lipinski definition) is 4. The molecule has 0 radical (unpaired) electrons. The van der Waals surface area contributed by atoms with Crippen LogP contribution < -0.4 is 10.5 Å². The van der Waals surface area contributed by atoms with Crippen LogP contribution >= 0.6 is 0 Å². The normalized spacial score (nSPS) is 10.5. The molecule has 3 N–H and O–H groups in total. The minimum Gasteiger partial charge on any atom is -0.492 e. The molecule has 4 nitrogen and oxygen atoms in total. The molecule has 17 heavy (non-hydrogen) atoms. The Hall–Kier alpha value is -1.94. The lowest BCUT2D eigenvalue weighted by Crippen LogP contribution is -1.96. The Bertz CT molecular complexity index is 505. The topological polar surface area (TPSA) is 68.6 Å². The van der Waals surface area contributed by atoms with Crippen LogP contribution in [0.5, 0.6) is 5.75 Å². The van der Waals surface area contributed by atoms with Crippen molar-refractivity contribution in [3.05, 3.63) is 36.1 Å². The second kappa shape index (κ2) is 4.93. The van der Waals surface area contributed by atoms with Crippen LogP contribution in [-0.2, 0) is 6.61 Å². The first kappa shape index (κ1) is 11.5. The summed E-state index contributed by atoms with van der Waals surface area (Å²) in [6.07, 6.45) is 0. The fourth-order valence-corrected chi connectivity index (χ4v) is 1.61. The van der Waals surface area contributed by atoms with Crippen LogP contribution in [0.25, 0.3) is 11.3 Å². The average molecular weight is 233 g/mol. The first-order valence-electron chi connectivity index (χ1n) is 5.47. The van der Waals surface area contributed by atoms with Gasteiger partial charge in [-0.1, -0.05) is 0 Å². The number of hydrogen-bond donors (Lipinski definition) is 2. The molecule has 0 saturated carbocycles. The molecule has 1 heterocycles. The van der Waals surface area contributed by atoms with E-state index in [2.05, 4.69) is 0 Å². The molecular weight excluding hydrogens is 218 g/mol. The van der Waals surface area contributed by atoms with E-state index in [0.717, 1.165) is 5.56 Å². The summed E-state index contributed by atoms with van der Waals surface area (Å²) in [5, 5.41) is 8.93. The second-order valence-corrected chi connectivity index (χ2v) is 3.61. The molecule has 0 aliphatic carbocycles. The van der Waals surface area contributed by atoms with Gasteiger partial charge in [0.1, 0.15) is 23.9 Å². The molecule has 1 aromatic heterocycles. The summed E-state index contributed by atoms with van der Waals surface area (Å²) in [5.74, 6) is 1.89. The summed E-state index contributed by atoms with van der Waals surface area (Å²) >= 11 is 0. The first-order valence-corrected chi connectivity index (χ1v) is 5.47. The zero-order valence-corrected chi connectivity index (χ0v) is 9.64. The monoisotopic (exact) mass is 233 g/mol. The third-order valence-corrected chi connectivity index (χ3v) is 2.41. The van der Waals surface area contributed by atoms with E-state index in [-0.39, 0.29) is 6.61 Å². The molecule has 90 valence electrons. The minimum absolute atomic E-state index is 0.105. The van der Waals surface area contributed by atoms with E-state index < -0.39 is 0 Å². The van der Waals surface area contributed by atoms with Crippen molar-refractivity contribution in [1.82, 2.24) is 0 Å². The Balaban J connectivity index is 2.30. The SMILES string of the molecule is CCOc1ccc(-c2ccc(CO)o2)cc1N. The minimum atomic E-state index is -0.105. The highest BCUT2D eigenvalue weighted by Gasteiger charge is 2.07. The number of ether oxygens (including phenoxy) is 1. The number of benzene rings is 1. The van der Waals surface area contributed by atoms with E-state index >= 15 is 0 Å². The molecule has 2 rings (SSSR count). The van der Waals surface area contributed by atoms with Crippen LogP contribution in [0.4, 0.5) is 5.69 Å². The van der Waals surface area contributed by atoms with Gasteiger partial charge in [0, 0.05) is 5.56 Å². The quantitative estimate of drug-likeness (QED) is 0.796. The fraction of sp³-hybridized carbons (Fsp3) is 0.231. The van der Waals surface area contributed by atoms with Crippen molar-refractivity contribution in [1.29, 1.82) is 0 Å². The van der Waals surface area contributed by atoms with Gasteiger partial charge in [0.15, 0.2) is 0 Å². The number of nitrogens with two attached hydrogens (primary N) is 1. The molecule has 0 aliphatic heterocycles. The van der Waals surface area contributed by atoms with E-state index in [1.54, 1.807) is 18.2 Å². The molecule has 0 amide bonds. The first-order chi connectivity index (χ1) is 8.24. The fourth-order valence-electron chi connectivity index (χ4n) is 1.61. The highest BCUT2D eigenvalue weighted by Crippen LogP contribution is 2.29. The van der Waals surface area contributed by atoms with Crippen molar-refractivity contribution in [2.45, 2.75) is 13.5 Å². The van der Waals surface area contributed by atoms with Crippen LogP contribution in [0.1, 0.15) is 12.7 Å². The Morgan fingerprint density at radius 1 is 1.29 bits per heavy atom. The Kier molecular flexibility index (Phi) is 3.35. The van der Waals surface area contributed by atoms with Crippen molar-refractivity contribution in [3.63, 3.8) is 0 Å². The van der Waals surface area contributed by atoms with Gasteiger partial charge >= 0.3 is 0 Å². The van der Waals surface area contributed by atoms with Gasteiger partial charge in [-0.15, -0.1) is 0 Å². The van der Waals surface area contributed by atoms with Crippen LogP contribution in [0.15, 0.2) is 34.7 Å². The van der Waals surface area contributed by atoms with Crippen molar-refractivity contribution >= 4 is 5.69 Å². The molecule has 0 spiro atoms. The predicted octanol–water partition coefficient (Wildman–Crippen LogP) is 2.42. The summed E-state index contributed by atoms with van der Waals surface area (Å²) in [7, 11) is 0. The maximum Gasteiger partial charge on any atom is 0.142 e. The van der Waals surface area contributed by atoms with E-state index in [1.165, 1.54) is 0 Å². The summed E-state index contributed by atoms with van der Waals surface area (Å²) in [6, 6.07) is 9.03. The van der Waals surface area contributed by atoms with Gasteiger partial charge in [0.25, 0.3) is 0 Å². The number of aliphatic hydroxyl groups is 1. The molecule has 4 heteroatoms. The van der Waals surface area contributed by atoms with Crippen molar-refractivity contribution in [2.24, 2.45) is 0 Å². The molecule has 0 unspecified atom stereocenters. The maximum absolute atomic E-state index is 8.93. The summed E-state index contributed by atoms with van der Waals surface area (Å²) in [5.41, 5.74) is 7.31. The van der Waals surface area contributed by atoms with Crippen molar-refractivity contribution in [3.8, 4) is 17.1 Å². The van der Waals surface area contributed by atoms with Gasteiger partial charge in [-0.2, -0.15) is 0 Å². The van der Waals surface area contributed by atoms with E-state index in [4.69, 9.17) is 20.0 Å². The number of furan rings is 1. The highest BCUT2D eigenvalue weighted by atomic mass is 16.5.